The number of nitrogens with one attached hydrogen (secondary N) is 1. The first-order valence-corrected chi connectivity index (χ1v) is 8.00. The summed E-state index contributed by atoms with van der Waals surface area (Å²) in [5, 5.41) is 10.9. The maximum Gasteiger partial charge on any atom is 0.340 e. The van der Waals surface area contributed by atoms with Crippen LogP contribution in [0.15, 0.2) is 0 Å². The van der Waals surface area contributed by atoms with Gasteiger partial charge in [0, 0.05) is 0 Å². The van der Waals surface area contributed by atoms with Crippen molar-refractivity contribution in [1.29, 1.82) is 0 Å². The Morgan fingerprint density at radius 1 is 1.08 bits per heavy atom. The van der Waals surface area contributed by atoms with E-state index in [9.17, 15) is 19.2 Å². The van der Waals surface area contributed by atoms with E-state index in [1.165, 1.54) is 0 Å². The molecular weight excluding hydrogens is 318 g/mol. The molecule has 0 saturated heterocycles. The average molecular weight is 343 g/mol. The molecule has 2 N–H and O–H groups in total. The molecule has 1 saturated carbocycles. The lowest BCUT2D eigenvalue weighted by Crippen LogP contribution is -2.52. The monoisotopic (exact) mass is 343 g/mol. The molecule has 0 spiro atoms. The highest BCUT2D eigenvalue weighted by Gasteiger charge is 2.38. The largest absolute Gasteiger partial charge is 0.481 e. The summed E-state index contributed by atoms with van der Waals surface area (Å²) in [6.07, 6.45) is 2.51. The zero-order valence-electron chi connectivity index (χ0n) is 14.4. The van der Waals surface area contributed by atoms with Crippen LogP contribution in [0.2, 0.25) is 0 Å². The van der Waals surface area contributed by atoms with Gasteiger partial charge in [0.1, 0.15) is 12.0 Å². The molecule has 0 aromatic carbocycles. The normalized spacial score (nSPS) is 25.9. The van der Waals surface area contributed by atoms with Crippen molar-refractivity contribution < 1.29 is 33.8 Å². The van der Waals surface area contributed by atoms with E-state index in [0.717, 1.165) is 33.3 Å². The van der Waals surface area contributed by atoms with E-state index in [4.69, 9.17) is 9.84 Å². The third-order valence-electron chi connectivity index (χ3n) is 4.42. The number of ether oxygens (including phenoxy) is 2. The first kappa shape index (κ1) is 19.9. The minimum atomic E-state index is -1.68. The Morgan fingerprint density at radius 3 is 2.08 bits per heavy atom. The third kappa shape index (κ3) is 4.94. The van der Waals surface area contributed by atoms with Gasteiger partial charge in [-0.15, -0.1) is 0 Å². The van der Waals surface area contributed by atoms with E-state index >= 15 is 0 Å². The summed E-state index contributed by atoms with van der Waals surface area (Å²) in [6, 6.07) is -1.68. The number of hydrogen-bond acceptors (Lipinski definition) is 6. The summed E-state index contributed by atoms with van der Waals surface area (Å²) < 4.78 is 9.96. The molecule has 1 amide bonds. The summed E-state index contributed by atoms with van der Waals surface area (Å²) in [5.41, 5.74) is 0. The quantitative estimate of drug-likeness (QED) is 0.539. The Morgan fingerprint density at radius 2 is 1.62 bits per heavy atom. The SMILES string of the molecule is COC(=O)C(NC(=O)C(C)C(=O)O)C(=O)OC1C(C)CCCC1C. The van der Waals surface area contributed by atoms with Crippen molar-refractivity contribution in [3.8, 4) is 0 Å². The smallest absolute Gasteiger partial charge is 0.340 e. The van der Waals surface area contributed by atoms with Gasteiger partial charge in [-0.2, -0.15) is 0 Å². The van der Waals surface area contributed by atoms with Crippen LogP contribution in [0.5, 0.6) is 0 Å². The van der Waals surface area contributed by atoms with Crippen LogP contribution in [-0.4, -0.2) is 48.2 Å². The van der Waals surface area contributed by atoms with E-state index < -0.39 is 35.8 Å². The van der Waals surface area contributed by atoms with Gasteiger partial charge in [-0.25, -0.2) is 9.59 Å². The Balaban J connectivity index is 2.83. The van der Waals surface area contributed by atoms with Crippen molar-refractivity contribution in [3.63, 3.8) is 0 Å². The van der Waals surface area contributed by atoms with Crippen LogP contribution in [0, 0.1) is 17.8 Å². The van der Waals surface area contributed by atoms with Gasteiger partial charge in [-0.05, 0) is 31.6 Å². The zero-order valence-corrected chi connectivity index (χ0v) is 14.4. The van der Waals surface area contributed by atoms with Crippen LogP contribution in [0.1, 0.15) is 40.0 Å². The molecule has 24 heavy (non-hydrogen) atoms. The summed E-state index contributed by atoms with van der Waals surface area (Å²) in [7, 11) is 1.07. The Hall–Kier alpha value is -2.12. The van der Waals surface area contributed by atoms with E-state index in [2.05, 4.69) is 10.1 Å². The topological polar surface area (TPSA) is 119 Å². The van der Waals surface area contributed by atoms with E-state index in [1.807, 2.05) is 13.8 Å². The van der Waals surface area contributed by atoms with Gasteiger partial charge in [0.25, 0.3) is 0 Å². The number of amides is 1. The molecule has 0 radical (unpaired) electrons. The fourth-order valence-electron chi connectivity index (χ4n) is 2.80. The van der Waals surface area contributed by atoms with Crippen molar-refractivity contribution in [1.82, 2.24) is 5.32 Å². The molecule has 0 aliphatic heterocycles. The molecule has 0 heterocycles. The van der Waals surface area contributed by atoms with Crippen LogP contribution < -0.4 is 5.32 Å². The van der Waals surface area contributed by atoms with Crippen LogP contribution in [-0.2, 0) is 28.7 Å². The zero-order chi connectivity index (χ0) is 18.4. The number of esters is 2. The second-order valence-corrected chi connectivity index (χ2v) is 6.31. The van der Waals surface area contributed by atoms with Gasteiger partial charge < -0.3 is 19.9 Å². The van der Waals surface area contributed by atoms with Crippen molar-refractivity contribution in [2.45, 2.75) is 52.2 Å². The highest BCUT2D eigenvalue weighted by Crippen LogP contribution is 2.31. The number of hydrogen-bond donors (Lipinski definition) is 2. The summed E-state index contributed by atoms with van der Waals surface area (Å²) in [5.74, 6) is -5.37. The van der Waals surface area contributed by atoms with E-state index in [0.29, 0.717) is 0 Å². The number of rotatable bonds is 6. The molecule has 8 heteroatoms. The lowest BCUT2D eigenvalue weighted by molar-refractivity contribution is -0.168. The maximum atomic E-state index is 12.3. The predicted molar refractivity (Wildman–Crippen MR) is 82.8 cm³/mol. The van der Waals surface area contributed by atoms with Gasteiger partial charge in [-0.3, -0.25) is 9.59 Å². The molecule has 0 aromatic rings. The van der Waals surface area contributed by atoms with E-state index in [1.54, 1.807) is 0 Å². The second kappa shape index (κ2) is 8.65. The third-order valence-corrected chi connectivity index (χ3v) is 4.42. The molecule has 1 fully saturated rings. The van der Waals surface area contributed by atoms with Crippen molar-refractivity contribution in [3.05, 3.63) is 0 Å². The number of methoxy groups -OCH3 is 1. The Labute approximate surface area is 140 Å². The number of carboxylic acid groups (broad SMARTS) is 1. The highest BCUT2D eigenvalue weighted by molar-refractivity contribution is 6.05. The number of carbonyl (C=O) groups excluding carboxylic acids is 3. The molecule has 0 bridgehead atoms. The van der Waals surface area contributed by atoms with Crippen LogP contribution >= 0.6 is 0 Å². The van der Waals surface area contributed by atoms with Gasteiger partial charge in [0.05, 0.1) is 7.11 Å². The standard InChI is InChI=1S/C16H25NO7/c1-8-6-5-7-9(2)12(8)24-16(22)11(15(21)23-4)17-13(18)10(3)14(19)20/h8-12H,5-7H2,1-4H3,(H,17,18)(H,19,20). The molecule has 1 rings (SSSR count). The lowest BCUT2D eigenvalue weighted by Gasteiger charge is -2.34. The summed E-state index contributed by atoms with van der Waals surface area (Å²) >= 11 is 0. The molecule has 8 nitrogen and oxygen atoms in total. The van der Waals surface area contributed by atoms with E-state index in [-0.39, 0.29) is 17.9 Å². The minimum Gasteiger partial charge on any atom is -0.481 e. The second-order valence-electron chi connectivity index (χ2n) is 6.31. The summed E-state index contributed by atoms with van der Waals surface area (Å²) in [6.45, 7) is 5.08. The Bertz CT molecular complexity index is 495. The fourth-order valence-corrected chi connectivity index (χ4v) is 2.80. The van der Waals surface area contributed by atoms with Gasteiger partial charge >= 0.3 is 17.9 Å². The first-order valence-electron chi connectivity index (χ1n) is 8.00. The number of aliphatic carboxylic acids is 1. The van der Waals surface area contributed by atoms with Crippen molar-refractivity contribution in [2.24, 2.45) is 17.8 Å². The van der Waals surface area contributed by atoms with Gasteiger partial charge in [0.15, 0.2) is 0 Å². The molecular formula is C16H25NO7. The van der Waals surface area contributed by atoms with Crippen LogP contribution in [0.25, 0.3) is 0 Å². The Kier molecular flexibility index (Phi) is 7.18. The average Bonchev–Trinajstić information content (AvgIpc) is 2.54. The lowest BCUT2D eigenvalue weighted by atomic mass is 9.80. The summed E-state index contributed by atoms with van der Waals surface area (Å²) in [4.78, 5) is 46.8. The van der Waals surface area contributed by atoms with Crippen LogP contribution in [0.4, 0.5) is 0 Å². The van der Waals surface area contributed by atoms with Gasteiger partial charge in [-0.1, -0.05) is 20.3 Å². The van der Waals surface area contributed by atoms with Crippen molar-refractivity contribution in [2.75, 3.05) is 7.11 Å². The predicted octanol–water partition coefficient (Wildman–Crippen LogP) is 0.733. The molecule has 0 aromatic heterocycles. The minimum absolute atomic E-state index is 0.143. The van der Waals surface area contributed by atoms with Gasteiger partial charge in [0.2, 0.25) is 11.9 Å². The number of carbonyl (C=O) groups is 4. The van der Waals surface area contributed by atoms with Crippen molar-refractivity contribution >= 4 is 23.8 Å². The van der Waals surface area contributed by atoms with Crippen LogP contribution in [0.3, 0.4) is 0 Å². The molecule has 136 valence electrons. The molecule has 4 atom stereocenters. The molecule has 1 aliphatic carbocycles. The first-order chi connectivity index (χ1) is 11.2. The molecule has 1 aliphatic rings. The maximum absolute atomic E-state index is 12.3. The number of carboxylic acids is 1. The highest BCUT2D eigenvalue weighted by atomic mass is 16.6. The molecule has 4 unspecified atom stereocenters. The fraction of sp³-hybridized carbons (Fsp3) is 0.750.